The van der Waals surface area contributed by atoms with E-state index in [9.17, 15) is 0 Å². The lowest BCUT2D eigenvalue weighted by atomic mass is 10.1. The average Bonchev–Trinajstić information content (AvgIpc) is 2.67. The van der Waals surface area contributed by atoms with Gasteiger partial charge in [0.2, 0.25) is 0 Å². The van der Waals surface area contributed by atoms with Gasteiger partial charge >= 0.3 is 0 Å². The molecule has 0 unspecified atom stereocenters. The molecule has 2 nitrogen and oxygen atoms in total. The lowest BCUT2D eigenvalue weighted by Crippen LogP contribution is -2.17. The molecule has 2 heteroatoms. The maximum absolute atomic E-state index is 5.58. The van der Waals surface area contributed by atoms with Gasteiger partial charge in [-0.05, 0) is 39.5 Å². The molecule has 0 aliphatic carbocycles. The SMILES string of the molecule is CC/C=C\CCCCCCCC1=NC(C)(C)CO1. The fourth-order valence-corrected chi connectivity index (χ4v) is 2.14. The summed E-state index contributed by atoms with van der Waals surface area (Å²) in [6.45, 7) is 7.20. The van der Waals surface area contributed by atoms with Gasteiger partial charge in [0.05, 0.1) is 5.54 Å². The smallest absolute Gasteiger partial charge is 0.183 e. The minimum Gasteiger partial charge on any atom is -0.478 e. The predicted octanol–water partition coefficient (Wildman–Crippen LogP) is 4.89. The van der Waals surface area contributed by atoms with Crippen LogP contribution in [0.5, 0.6) is 0 Å². The summed E-state index contributed by atoms with van der Waals surface area (Å²) < 4.78 is 5.58. The zero-order valence-electron chi connectivity index (χ0n) is 12.4. The largest absolute Gasteiger partial charge is 0.478 e. The van der Waals surface area contributed by atoms with E-state index >= 15 is 0 Å². The molecule has 0 aromatic rings. The molecule has 1 rings (SSSR count). The highest BCUT2D eigenvalue weighted by Crippen LogP contribution is 2.19. The van der Waals surface area contributed by atoms with Crippen LogP contribution in [0, 0.1) is 0 Å². The molecule has 0 amide bonds. The molecular weight excluding hydrogens is 222 g/mol. The molecule has 104 valence electrons. The molecule has 0 fully saturated rings. The van der Waals surface area contributed by atoms with E-state index in [0.29, 0.717) is 0 Å². The predicted molar refractivity (Wildman–Crippen MR) is 79.2 cm³/mol. The minimum atomic E-state index is 0.0148. The Morgan fingerprint density at radius 3 is 2.50 bits per heavy atom. The van der Waals surface area contributed by atoms with Gasteiger partial charge in [0.25, 0.3) is 0 Å². The lowest BCUT2D eigenvalue weighted by Gasteiger charge is -2.07. The van der Waals surface area contributed by atoms with Gasteiger partial charge in [0.15, 0.2) is 5.90 Å². The highest BCUT2D eigenvalue weighted by molar-refractivity contribution is 5.78. The van der Waals surface area contributed by atoms with Crippen LogP contribution in [0.1, 0.15) is 72.1 Å². The third kappa shape index (κ3) is 6.83. The number of aliphatic imine (C=N–C) groups is 1. The van der Waals surface area contributed by atoms with Crippen LogP contribution in [0.15, 0.2) is 17.1 Å². The van der Waals surface area contributed by atoms with Crippen LogP contribution >= 0.6 is 0 Å². The van der Waals surface area contributed by atoms with E-state index < -0.39 is 0 Å². The summed E-state index contributed by atoms with van der Waals surface area (Å²) in [4.78, 5) is 4.57. The van der Waals surface area contributed by atoms with Crippen molar-refractivity contribution < 1.29 is 4.74 Å². The summed E-state index contributed by atoms with van der Waals surface area (Å²) in [5, 5.41) is 0. The molecule has 0 N–H and O–H groups in total. The van der Waals surface area contributed by atoms with Crippen LogP contribution in [-0.4, -0.2) is 18.0 Å². The van der Waals surface area contributed by atoms with Crippen LogP contribution in [0.2, 0.25) is 0 Å². The standard InChI is InChI=1S/C16H29NO/c1-4-5-6-7-8-9-10-11-12-13-15-17-16(2,3)14-18-15/h5-6H,4,7-14H2,1-3H3/b6-5-. The summed E-state index contributed by atoms with van der Waals surface area (Å²) in [5.74, 6) is 0.978. The van der Waals surface area contributed by atoms with Gasteiger partial charge in [-0.1, -0.05) is 38.3 Å². The monoisotopic (exact) mass is 251 g/mol. The van der Waals surface area contributed by atoms with Crippen molar-refractivity contribution in [3.8, 4) is 0 Å². The van der Waals surface area contributed by atoms with Crippen molar-refractivity contribution in [3.63, 3.8) is 0 Å². The minimum absolute atomic E-state index is 0.0148. The van der Waals surface area contributed by atoms with Gasteiger partial charge in [0, 0.05) is 6.42 Å². The van der Waals surface area contributed by atoms with E-state index in [2.05, 4.69) is 37.9 Å². The van der Waals surface area contributed by atoms with Crippen molar-refractivity contribution in [2.45, 2.75) is 77.7 Å². The number of allylic oxidation sites excluding steroid dienone is 2. The fourth-order valence-electron chi connectivity index (χ4n) is 2.14. The third-order valence-electron chi connectivity index (χ3n) is 3.18. The van der Waals surface area contributed by atoms with Crippen LogP contribution < -0.4 is 0 Å². The molecule has 0 saturated heterocycles. The Morgan fingerprint density at radius 1 is 1.11 bits per heavy atom. The second-order valence-corrected chi connectivity index (χ2v) is 5.79. The molecule has 1 aliphatic rings. The summed E-state index contributed by atoms with van der Waals surface area (Å²) in [7, 11) is 0. The Bertz CT molecular complexity index is 279. The van der Waals surface area contributed by atoms with E-state index in [-0.39, 0.29) is 5.54 Å². The number of ether oxygens (including phenoxy) is 1. The molecule has 0 radical (unpaired) electrons. The van der Waals surface area contributed by atoms with Gasteiger partial charge in [-0.2, -0.15) is 0 Å². The van der Waals surface area contributed by atoms with Gasteiger partial charge in [-0.3, -0.25) is 0 Å². The van der Waals surface area contributed by atoms with Crippen molar-refractivity contribution in [2.75, 3.05) is 6.61 Å². The number of unbranched alkanes of at least 4 members (excludes halogenated alkanes) is 5. The van der Waals surface area contributed by atoms with E-state index in [1.807, 2.05) is 0 Å². The van der Waals surface area contributed by atoms with Gasteiger partial charge in [-0.25, -0.2) is 4.99 Å². The molecular formula is C16H29NO. The van der Waals surface area contributed by atoms with Crippen LogP contribution in [0.25, 0.3) is 0 Å². The highest BCUT2D eigenvalue weighted by Gasteiger charge is 2.25. The first-order valence-corrected chi connectivity index (χ1v) is 7.50. The van der Waals surface area contributed by atoms with Crippen LogP contribution in [-0.2, 0) is 4.74 Å². The second kappa shape index (κ2) is 8.34. The summed E-state index contributed by atoms with van der Waals surface area (Å²) in [6, 6.07) is 0. The molecule has 18 heavy (non-hydrogen) atoms. The second-order valence-electron chi connectivity index (χ2n) is 5.79. The van der Waals surface area contributed by atoms with Crippen molar-refractivity contribution in [2.24, 2.45) is 4.99 Å². The first-order valence-electron chi connectivity index (χ1n) is 7.50. The molecule has 0 saturated carbocycles. The Kier molecular flexibility index (Phi) is 7.07. The zero-order chi connectivity index (χ0) is 13.3. The van der Waals surface area contributed by atoms with Crippen molar-refractivity contribution >= 4 is 5.90 Å². The van der Waals surface area contributed by atoms with E-state index in [1.54, 1.807) is 0 Å². The third-order valence-corrected chi connectivity index (χ3v) is 3.18. The summed E-state index contributed by atoms with van der Waals surface area (Å²) in [5.41, 5.74) is 0.0148. The molecule has 0 aromatic carbocycles. The molecule has 0 spiro atoms. The van der Waals surface area contributed by atoms with E-state index in [0.717, 1.165) is 18.9 Å². The highest BCUT2D eigenvalue weighted by atomic mass is 16.5. The van der Waals surface area contributed by atoms with Crippen molar-refractivity contribution in [3.05, 3.63) is 12.2 Å². The van der Waals surface area contributed by atoms with Crippen molar-refractivity contribution in [1.82, 2.24) is 0 Å². The Hall–Kier alpha value is -0.790. The van der Waals surface area contributed by atoms with Crippen LogP contribution in [0.4, 0.5) is 0 Å². The molecule has 1 heterocycles. The number of nitrogens with zero attached hydrogens (tertiary/aromatic N) is 1. The van der Waals surface area contributed by atoms with Crippen LogP contribution in [0.3, 0.4) is 0 Å². The van der Waals surface area contributed by atoms with Gasteiger partial charge in [0.1, 0.15) is 6.61 Å². The molecule has 1 aliphatic heterocycles. The first-order chi connectivity index (χ1) is 8.64. The average molecular weight is 251 g/mol. The maximum atomic E-state index is 5.58. The topological polar surface area (TPSA) is 21.6 Å². The lowest BCUT2D eigenvalue weighted by molar-refractivity contribution is 0.273. The van der Waals surface area contributed by atoms with E-state index in [4.69, 9.17) is 4.74 Å². The van der Waals surface area contributed by atoms with E-state index in [1.165, 1.54) is 44.9 Å². The first kappa shape index (κ1) is 15.3. The summed E-state index contributed by atoms with van der Waals surface area (Å²) >= 11 is 0. The molecule has 0 atom stereocenters. The number of rotatable bonds is 9. The fraction of sp³-hybridized carbons (Fsp3) is 0.812. The van der Waals surface area contributed by atoms with Gasteiger partial charge in [-0.15, -0.1) is 0 Å². The quantitative estimate of drug-likeness (QED) is 0.422. The maximum Gasteiger partial charge on any atom is 0.183 e. The van der Waals surface area contributed by atoms with Gasteiger partial charge < -0.3 is 4.74 Å². The number of hydrogen-bond donors (Lipinski definition) is 0. The zero-order valence-corrected chi connectivity index (χ0v) is 12.4. The Balaban J connectivity index is 1.92. The normalized spacial score (nSPS) is 18.1. The van der Waals surface area contributed by atoms with Crippen molar-refractivity contribution in [1.29, 1.82) is 0 Å². The number of hydrogen-bond acceptors (Lipinski definition) is 2. The molecule has 0 bridgehead atoms. The Morgan fingerprint density at radius 2 is 1.83 bits per heavy atom. The molecule has 0 aromatic heterocycles. The summed E-state index contributed by atoms with van der Waals surface area (Å²) in [6.07, 6.45) is 14.6. The Labute approximate surface area is 113 Å².